The van der Waals surface area contributed by atoms with Crippen LogP contribution in [0.25, 0.3) is 0 Å². The fraction of sp³-hybridized carbons (Fsp3) is 0.667. The van der Waals surface area contributed by atoms with Gasteiger partial charge in [0, 0.05) is 25.0 Å². The van der Waals surface area contributed by atoms with Crippen molar-refractivity contribution >= 4 is 17.2 Å². The van der Waals surface area contributed by atoms with Gasteiger partial charge in [-0.05, 0) is 30.8 Å². The zero-order chi connectivity index (χ0) is 14.6. The Labute approximate surface area is 125 Å². The second-order valence-corrected chi connectivity index (χ2v) is 5.87. The molecule has 1 heterocycles. The number of carbonyl (C=O) groups excluding carboxylic acids is 1. The average Bonchev–Trinajstić information content (AvgIpc) is 2.96. The number of unbranched alkanes of at least 4 members (excludes halogenated alkanes) is 3. The summed E-state index contributed by atoms with van der Waals surface area (Å²) in [4.78, 5) is 15.4. The van der Waals surface area contributed by atoms with Crippen molar-refractivity contribution in [2.24, 2.45) is 5.73 Å². The van der Waals surface area contributed by atoms with Crippen LogP contribution in [0.15, 0.2) is 17.5 Å². The van der Waals surface area contributed by atoms with Crippen LogP contribution in [0.3, 0.4) is 0 Å². The number of nitrogens with two attached hydrogens (primary N) is 1. The maximum absolute atomic E-state index is 12.3. The molecule has 2 N–H and O–H groups in total. The molecule has 0 spiro atoms. The van der Waals surface area contributed by atoms with Crippen molar-refractivity contribution < 1.29 is 9.53 Å². The third-order valence-electron chi connectivity index (χ3n) is 3.19. The van der Waals surface area contributed by atoms with Gasteiger partial charge in [-0.25, -0.2) is 0 Å². The molecular formula is C15H26N2O2S. The molecule has 0 aliphatic rings. The van der Waals surface area contributed by atoms with Crippen LogP contribution < -0.4 is 5.73 Å². The average molecular weight is 298 g/mol. The van der Waals surface area contributed by atoms with Crippen LogP contribution in [0.2, 0.25) is 0 Å². The third-order valence-corrected chi connectivity index (χ3v) is 4.05. The van der Waals surface area contributed by atoms with E-state index >= 15 is 0 Å². The minimum Gasteiger partial charge on any atom is -0.383 e. The third kappa shape index (κ3) is 7.03. The summed E-state index contributed by atoms with van der Waals surface area (Å²) in [6.07, 6.45) is 4.83. The van der Waals surface area contributed by atoms with Crippen LogP contribution in [-0.2, 0) is 16.1 Å². The van der Waals surface area contributed by atoms with Crippen LogP contribution in [0.1, 0.15) is 37.0 Å². The maximum atomic E-state index is 12.3. The Kier molecular flexibility index (Phi) is 9.28. The Morgan fingerprint density at radius 2 is 2.15 bits per heavy atom. The number of thiophene rings is 1. The highest BCUT2D eigenvalue weighted by Gasteiger charge is 2.13. The van der Waals surface area contributed by atoms with Gasteiger partial charge in [0.15, 0.2) is 0 Å². The number of carbonyl (C=O) groups is 1. The first-order valence-electron chi connectivity index (χ1n) is 7.27. The molecule has 1 aromatic rings. The van der Waals surface area contributed by atoms with E-state index in [1.807, 2.05) is 16.3 Å². The van der Waals surface area contributed by atoms with Gasteiger partial charge in [-0.2, -0.15) is 0 Å². The lowest BCUT2D eigenvalue weighted by molar-refractivity contribution is -0.132. The van der Waals surface area contributed by atoms with E-state index in [2.05, 4.69) is 6.07 Å². The molecule has 0 radical (unpaired) electrons. The Morgan fingerprint density at radius 3 is 2.80 bits per heavy atom. The van der Waals surface area contributed by atoms with Gasteiger partial charge in [-0.15, -0.1) is 11.3 Å². The molecule has 0 bridgehead atoms. The summed E-state index contributed by atoms with van der Waals surface area (Å²) in [5.74, 6) is 0.225. The van der Waals surface area contributed by atoms with E-state index < -0.39 is 0 Å². The van der Waals surface area contributed by atoms with E-state index in [-0.39, 0.29) is 5.91 Å². The van der Waals surface area contributed by atoms with Crippen LogP contribution in [0.5, 0.6) is 0 Å². The highest BCUT2D eigenvalue weighted by molar-refractivity contribution is 7.09. The zero-order valence-electron chi connectivity index (χ0n) is 12.3. The van der Waals surface area contributed by atoms with Gasteiger partial charge in [0.05, 0.1) is 13.2 Å². The standard InChI is InChI=1S/C15H26N2O2S/c1-19-11-10-17(13-14-7-6-12-20-14)15(18)8-4-2-3-5-9-16/h6-7,12H,2-5,8-11,13,16H2,1H3. The summed E-state index contributed by atoms with van der Waals surface area (Å²) in [6.45, 7) is 2.69. The number of amides is 1. The maximum Gasteiger partial charge on any atom is 0.222 e. The first kappa shape index (κ1) is 17.1. The van der Waals surface area contributed by atoms with E-state index in [0.29, 0.717) is 26.1 Å². The van der Waals surface area contributed by atoms with Gasteiger partial charge in [-0.3, -0.25) is 4.79 Å². The van der Waals surface area contributed by atoms with Crippen molar-refractivity contribution in [2.75, 3.05) is 26.8 Å². The van der Waals surface area contributed by atoms with E-state index in [1.54, 1.807) is 18.4 Å². The summed E-state index contributed by atoms with van der Waals surface area (Å²) in [6, 6.07) is 4.09. The lowest BCUT2D eigenvalue weighted by Gasteiger charge is -2.21. The number of hydrogen-bond donors (Lipinski definition) is 1. The van der Waals surface area contributed by atoms with Gasteiger partial charge in [-0.1, -0.05) is 18.9 Å². The molecule has 0 fully saturated rings. The first-order chi connectivity index (χ1) is 9.77. The van der Waals surface area contributed by atoms with Crippen molar-refractivity contribution in [1.29, 1.82) is 0 Å². The summed E-state index contributed by atoms with van der Waals surface area (Å²) >= 11 is 1.69. The predicted molar refractivity (Wildman–Crippen MR) is 83.8 cm³/mol. The number of methoxy groups -OCH3 is 1. The number of hydrogen-bond acceptors (Lipinski definition) is 4. The first-order valence-corrected chi connectivity index (χ1v) is 8.15. The van der Waals surface area contributed by atoms with Gasteiger partial charge in [0.1, 0.15) is 0 Å². The van der Waals surface area contributed by atoms with Crippen LogP contribution >= 0.6 is 11.3 Å². The minimum absolute atomic E-state index is 0.225. The molecule has 1 aromatic heterocycles. The van der Waals surface area contributed by atoms with Crippen molar-refractivity contribution in [3.63, 3.8) is 0 Å². The van der Waals surface area contributed by atoms with Gasteiger partial charge >= 0.3 is 0 Å². The summed E-state index contributed by atoms with van der Waals surface area (Å²) in [7, 11) is 1.67. The van der Waals surface area contributed by atoms with Crippen molar-refractivity contribution in [1.82, 2.24) is 4.90 Å². The molecule has 0 aliphatic carbocycles. The molecule has 0 saturated carbocycles. The second-order valence-electron chi connectivity index (χ2n) is 4.84. The largest absolute Gasteiger partial charge is 0.383 e. The number of nitrogens with zero attached hydrogens (tertiary/aromatic N) is 1. The highest BCUT2D eigenvalue weighted by atomic mass is 32.1. The predicted octanol–water partition coefficient (Wildman–Crippen LogP) is 2.63. The molecule has 0 aromatic carbocycles. The highest BCUT2D eigenvalue weighted by Crippen LogP contribution is 2.13. The summed E-state index contributed by atoms with van der Waals surface area (Å²) in [5, 5.41) is 2.04. The van der Waals surface area contributed by atoms with E-state index in [0.717, 1.165) is 32.2 Å². The lowest BCUT2D eigenvalue weighted by Crippen LogP contribution is -2.33. The van der Waals surface area contributed by atoms with Gasteiger partial charge in [0.2, 0.25) is 5.91 Å². The fourth-order valence-corrected chi connectivity index (χ4v) is 2.74. The Morgan fingerprint density at radius 1 is 1.35 bits per heavy atom. The lowest BCUT2D eigenvalue weighted by atomic mass is 10.1. The normalized spacial score (nSPS) is 10.7. The van der Waals surface area contributed by atoms with Crippen LogP contribution in [-0.4, -0.2) is 37.6 Å². The van der Waals surface area contributed by atoms with Gasteiger partial charge in [0.25, 0.3) is 0 Å². The molecule has 0 atom stereocenters. The Balaban J connectivity index is 2.35. The molecule has 20 heavy (non-hydrogen) atoms. The van der Waals surface area contributed by atoms with E-state index in [1.165, 1.54) is 4.88 Å². The molecule has 114 valence electrons. The minimum atomic E-state index is 0.225. The SMILES string of the molecule is COCCN(Cc1cccs1)C(=O)CCCCCCN. The topological polar surface area (TPSA) is 55.6 Å². The molecule has 0 saturated heterocycles. The Bertz CT molecular complexity index is 355. The summed E-state index contributed by atoms with van der Waals surface area (Å²) in [5.41, 5.74) is 5.46. The zero-order valence-corrected chi connectivity index (χ0v) is 13.2. The quantitative estimate of drug-likeness (QED) is 0.639. The molecular weight excluding hydrogens is 272 g/mol. The molecule has 5 heteroatoms. The molecule has 4 nitrogen and oxygen atoms in total. The number of ether oxygens (including phenoxy) is 1. The summed E-state index contributed by atoms with van der Waals surface area (Å²) < 4.78 is 5.09. The van der Waals surface area contributed by atoms with E-state index in [9.17, 15) is 4.79 Å². The molecule has 1 amide bonds. The Hall–Kier alpha value is -0.910. The monoisotopic (exact) mass is 298 g/mol. The second kappa shape index (κ2) is 10.8. The smallest absolute Gasteiger partial charge is 0.222 e. The fourth-order valence-electron chi connectivity index (χ4n) is 2.02. The molecule has 0 unspecified atom stereocenters. The number of rotatable bonds is 11. The molecule has 0 aliphatic heterocycles. The molecule has 1 rings (SSSR count). The van der Waals surface area contributed by atoms with E-state index in [4.69, 9.17) is 10.5 Å². The van der Waals surface area contributed by atoms with Crippen LogP contribution in [0, 0.1) is 0 Å². The van der Waals surface area contributed by atoms with Crippen molar-refractivity contribution in [3.05, 3.63) is 22.4 Å². The van der Waals surface area contributed by atoms with Crippen LogP contribution in [0.4, 0.5) is 0 Å². The van der Waals surface area contributed by atoms with Crippen molar-refractivity contribution in [2.45, 2.75) is 38.6 Å². The van der Waals surface area contributed by atoms with Gasteiger partial charge < -0.3 is 15.4 Å². The van der Waals surface area contributed by atoms with Crippen molar-refractivity contribution in [3.8, 4) is 0 Å².